The Morgan fingerprint density at radius 1 is 1.25 bits per heavy atom. The summed E-state index contributed by atoms with van der Waals surface area (Å²) < 4.78 is 5.45. The van der Waals surface area contributed by atoms with Crippen molar-refractivity contribution in [2.75, 3.05) is 0 Å². The minimum Gasteiger partial charge on any atom is -0.422 e. The molecule has 0 radical (unpaired) electrons. The number of carbonyl (C=O) groups is 1. The maximum Gasteiger partial charge on any atom is 0.349 e. The molecular formula is C20H23NO3. The number of benzene rings is 1. The Hall–Kier alpha value is -2.36. The van der Waals surface area contributed by atoms with E-state index < -0.39 is 5.63 Å². The Balaban J connectivity index is 1.88. The second-order valence-corrected chi connectivity index (χ2v) is 6.44. The normalized spacial score (nSPS) is 15.8. The summed E-state index contributed by atoms with van der Waals surface area (Å²) in [5, 5.41) is 3.77. The molecule has 1 aliphatic carbocycles. The smallest absolute Gasteiger partial charge is 0.349 e. The van der Waals surface area contributed by atoms with Crippen LogP contribution in [0.2, 0.25) is 0 Å². The zero-order valence-corrected chi connectivity index (χ0v) is 13.8. The SMILES string of the molecule is C=CCc1cccc2cc(C(=O)NC3CCCCCC3)c(=O)oc12. The minimum atomic E-state index is -0.579. The topological polar surface area (TPSA) is 59.3 Å². The van der Waals surface area contributed by atoms with Gasteiger partial charge < -0.3 is 9.73 Å². The number of carbonyl (C=O) groups excluding carboxylic acids is 1. The summed E-state index contributed by atoms with van der Waals surface area (Å²) in [6.07, 6.45) is 9.04. The fourth-order valence-electron chi connectivity index (χ4n) is 3.37. The van der Waals surface area contributed by atoms with Crippen LogP contribution < -0.4 is 10.9 Å². The fourth-order valence-corrected chi connectivity index (χ4v) is 3.37. The summed E-state index contributed by atoms with van der Waals surface area (Å²) in [5.41, 5.74) is 0.941. The van der Waals surface area contributed by atoms with E-state index in [1.807, 2.05) is 18.2 Å². The van der Waals surface area contributed by atoms with Crippen LogP contribution in [0, 0.1) is 0 Å². The van der Waals surface area contributed by atoms with Crippen LogP contribution in [0.25, 0.3) is 11.0 Å². The van der Waals surface area contributed by atoms with Crippen LogP contribution in [0.1, 0.15) is 54.4 Å². The summed E-state index contributed by atoms with van der Waals surface area (Å²) >= 11 is 0. The van der Waals surface area contributed by atoms with E-state index in [1.165, 1.54) is 12.8 Å². The first-order valence-corrected chi connectivity index (χ1v) is 8.66. The van der Waals surface area contributed by atoms with Crippen LogP contribution >= 0.6 is 0 Å². The van der Waals surface area contributed by atoms with E-state index in [0.717, 1.165) is 36.6 Å². The summed E-state index contributed by atoms with van der Waals surface area (Å²) in [4.78, 5) is 24.8. The fraction of sp³-hybridized carbons (Fsp3) is 0.400. The van der Waals surface area contributed by atoms with Crippen LogP contribution in [-0.4, -0.2) is 11.9 Å². The molecule has 1 aromatic carbocycles. The zero-order valence-electron chi connectivity index (χ0n) is 13.8. The van der Waals surface area contributed by atoms with Gasteiger partial charge in [-0.25, -0.2) is 4.79 Å². The maximum absolute atomic E-state index is 12.5. The number of amides is 1. The maximum atomic E-state index is 12.5. The van der Waals surface area contributed by atoms with E-state index in [9.17, 15) is 9.59 Å². The largest absolute Gasteiger partial charge is 0.422 e. The summed E-state index contributed by atoms with van der Waals surface area (Å²) in [5.74, 6) is -0.327. The highest BCUT2D eigenvalue weighted by molar-refractivity contribution is 5.97. The zero-order chi connectivity index (χ0) is 16.9. The van der Waals surface area contributed by atoms with Crippen molar-refractivity contribution in [2.45, 2.75) is 51.0 Å². The van der Waals surface area contributed by atoms with Crippen LogP contribution in [0.3, 0.4) is 0 Å². The first-order valence-electron chi connectivity index (χ1n) is 8.66. The third-order valence-electron chi connectivity index (χ3n) is 4.64. The van der Waals surface area contributed by atoms with E-state index in [0.29, 0.717) is 12.0 Å². The lowest BCUT2D eigenvalue weighted by Crippen LogP contribution is -2.36. The predicted molar refractivity (Wildman–Crippen MR) is 95.3 cm³/mol. The highest BCUT2D eigenvalue weighted by Gasteiger charge is 2.19. The molecule has 0 saturated heterocycles. The van der Waals surface area contributed by atoms with Crippen molar-refractivity contribution in [3.05, 3.63) is 58.5 Å². The number of fused-ring (bicyclic) bond motifs is 1. The molecule has 1 saturated carbocycles. The van der Waals surface area contributed by atoms with Gasteiger partial charge in [-0.1, -0.05) is 50.0 Å². The number of nitrogens with one attached hydrogen (secondary N) is 1. The first kappa shape index (κ1) is 16.5. The van der Waals surface area contributed by atoms with E-state index >= 15 is 0 Å². The number of allylic oxidation sites excluding steroid dienone is 1. The van der Waals surface area contributed by atoms with Gasteiger partial charge in [-0.15, -0.1) is 6.58 Å². The van der Waals surface area contributed by atoms with E-state index in [-0.39, 0.29) is 17.5 Å². The molecule has 0 spiro atoms. The Morgan fingerprint density at radius 2 is 2.00 bits per heavy atom. The van der Waals surface area contributed by atoms with Crippen molar-refractivity contribution < 1.29 is 9.21 Å². The summed E-state index contributed by atoms with van der Waals surface area (Å²) in [6.45, 7) is 3.72. The molecule has 4 heteroatoms. The van der Waals surface area contributed by atoms with Crippen molar-refractivity contribution >= 4 is 16.9 Å². The van der Waals surface area contributed by atoms with Crippen molar-refractivity contribution in [1.82, 2.24) is 5.32 Å². The lowest BCUT2D eigenvalue weighted by molar-refractivity contribution is 0.0930. The lowest BCUT2D eigenvalue weighted by atomic mass is 10.1. The highest BCUT2D eigenvalue weighted by atomic mass is 16.4. The molecule has 0 unspecified atom stereocenters. The van der Waals surface area contributed by atoms with Gasteiger partial charge in [0.15, 0.2) is 0 Å². The quantitative estimate of drug-likeness (QED) is 0.525. The second-order valence-electron chi connectivity index (χ2n) is 6.44. The van der Waals surface area contributed by atoms with Crippen LogP contribution in [0.15, 0.2) is 46.1 Å². The molecule has 0 aliphatic heterocycles. The van der Waals surface area contributed by atoms with Crippen LogP contribution in [0.4, 0.5) is 0 Å². The molecule has 1 fully saturated rings. The predicted octanol–water partition coefficient (Wildman–Crippen LogP) is 3.97. The molecule has 126 valence electrons. The van der Waals surface area contributed by atoms with Gasteiger partial charge in [0.25, 0.3) is 5.91 Å². The Kier molecular flexibility index (Phi) is 5.14. The van der Waals surface area contributed by atoms with Gasteiger partial charge in [-0.3, -0.25) is 4.79 Å². The van der Waals surface area contributed by atoms with Gasteiger partial charge in [0.1, 0.15) is 11.1 Å². The molecule has 3 rings (SSSR count). The first-order chi connectivity index (χ1) is 11.7. The van der Waals surface area contributed by atoms with Crippen molar-refractivity contribution in [2.24, 2.45) is 0 Å². The van der Waals surface area contributed by atoms with Gasteiger partial charge in [0, 0.05) is 11.4 Å². The molecule has 1 N–H and O–H groups in total. The van der Waals surface area contributed by atoms with Gasteiger partial charge in [0.2, 0.25) is 0 Å². The summed E-state index contributed by atoms with van der Waals surface area (Å²) in [6, 6.07) is 7.45. The molecule has 1 amide bonds. The molecule has 2 aromatic rings. The van der Waals surface area contributed by atoms with Crippen molar-refractivity contribution in [1.29, 1.82) is 0 Å². The number of hydrogen-bond acceptors (Lipinski definition) is 3. The molecule has 1 heterocycles. The number of rotatable bonds is 4. The van der Waals surface area contributed by atoms with Gasteiger partial charge >= 0.3 is 5.63 Å². The van der Waals surface area contributed by atoms with Crippen LogP contribution in [-0.2, 0) is 6.42 Å². The van der Waals surface area contributed by atoms with Crippen molar-refractivity contribution in [3.8, 4) is 0 Å². The molecule has 24 heavy (non-hydrogen) atoms. The molecule has 1 aromatic heterocycles. The van der Waals surface area contributed by atoms with Gasteiger partial charge in [0.05, 0.1) is 0 Å². The van der Waals surface area contributed by atoms with Crippen LogP contribution in [0.5, 0.6) is 0 Å². The average Bonchev–Trinajstić information content (AvgIpc) is 2.84. The standard InChI is InChI=1S/C20H23NO3/c1-2-8-14-9-7-10-15-13-17(20(23)24-18(14)15)19(22)21-16-11-5-3-4-6-12-16/h2,7,9-10,13,16H,1,3-6,8,11-12H2,(H,21,22). The summed E-state index contributed by atoms with van der Waals surface area (Å²) in [7, 11) is 0. The van der Waals surface area contributed by atoms with Gasteiger partial charge in [-0.05, 0) is 30.9 Å². The van der Waals surface area contributed by atoms with E-state index in [1.54, 1.807) is 12.1 Å². The third kappa shape index (κ3) is 3.58. The average molecular weight is 325 g/mol. The molecule has 4 nitrogen and oxygen atoms in total. The van der Waals surface area contributed by atoms with Crippen molar-refractivity contribution in [3.63, 3.8) is 0 Å². The minimum absolute atomic E-state index is 0.0856. The Bertz CT molecular complexity index is 798. The molecule has 0 atom stereocenters. The molecular weight excluding hydrogens is 302 g/mol. The molecule has 0 bridgehead atoms. The lowest BCUT2D eigenvalue weighted by Gasteiger charge is -2.16. The second kappa shape index (κ2) is 7.47. The highest BCUT2D eigenvalue weighted by Crippen LogP contribution is 2.20. The Morgan fingerprint density at radius 3 is 2.71 bits per heavy atom. The van der Waals surface area contributed by atoms with E-state index in [4.69, 9.17) is 4.42 Å². The monoisotopic (exact) mass is 325 g/mol. The van der Waals surface area contributed by atoms with E-state index in [2.05, 4.69) is 11.9 Å². The molecule has 1 aliphatic rings. The van der Waals surface area contributed by atoms with Gasteiger partial charge in [-0.2, -0.15) is 0 Å². The Labute approximate surface area is 141 Å². The third-order valence-corrected chi connectivity index (χ3v) is 4.64. The number of hydrogen-bond donors (Lipinski definition) is 1. The number of para-hydroxylation sites is 1.